The van der Waals surface area contributed by atoms with Gasteiger partial charge in [0.05, 0.1) is 5.39 Å². The Balaban J connectivity index is 2.45. The van der Waals surface area contributed by atoms with Gasteiger partial charge in [0.15, 0.2) is 11.5 Å². The van der Waals surface area contributed by atoms with Gasteiger partial charge in [-0.05, 0) is 6.07 Å². The van der Waals surface area contributed by atoms with Gasteiger partial charge in [-0.1, -0.05) is 5.21 Å². The minimum atomic E-state index is -0.284. The molecule has 6 nitrogen and oxygen atoms in total. The van der Waals surface area contributed by atoms with Crippen molar-refractivity contribution in [2.45, 2.75) is 0 Å². The number of hydrogen-bond donors (Lipinski definition) is 1. The average Bonchev–Trinajstić information content (AvgIpc) is 2.62. The highest BCUT2D eigenvalue weighted by atomic mass is 16.7. The lowest BCUT2D eigenvalue weighted by Gasteiger charge is -1.97. The monoisotopic (exact) mass is 191 g/mol. The Labute approximate surface area is 77.5 Å². The van der Waals surface area contributed by atoms with Crippen LogP contribution in [0, 0.1) is 0 Å². The maximum atomic E-state index is 11.3. The van der Waals surface area contributed by atoms with Crippen LogP contribution in [0.25, 0.3) is 10.9 Å². The maximum Gasteiger partial charge on any atom is 0.275 e. The molecule has 2 aromatic rings. The summed E-state index contributed by atoms with van der Waals surface area (Å²) in [4.78, 5) is 11.3. The SMILES string of the molecule is O=c1[nH]nnc2cc3c(cc12)OCO3. The number of rotatable bonds is 0. The van der Waals surface area contributed by atoms with Crippen LogP contribution in [0.15, 0.2) is 16.9 Å². The van der Waals surface area contributed by atoms with E-state index in [-0.39, 0.29) is 12.4 Å². The molecule has 0 amide bonds. The molecular weight excluding hydrogens is 186 g/mol. The van der Waals surface area contributed by atoms with Crippen molar-refractivity contribution in [3.8, 4) is 11.5 Å². The van der Waals surface area contributed by atoms with Gasteiger partial charge in [-0.2, -0.15) is 0 Å². The van der Waals surface area contributed by atoms with E-state index in [1.807, 2.05) is 0 Å². The molecule has 0 bridgehead atoms. The quantitative estimate of drug-likeness (QED) is 0.636. The van der Waals surface area contributed by atoms with Crippen LogP contribution in [0.4, 0.5) is 0 Å². The van der Waals surface area contributed by atoms with Crippen LogP contribution in [0.3, 0.4) is 0 Å². The number of benzene rings is 1. The molecule has 0 saturated carbocycles. The number of aromatic amines is 1. The van der Waals surface area contributed by atoms with Crippen molar-refractivity contribution in [2.24, 2.45) is 0 Å². The summed E-state index contributed by atoms with van der Waals surface area (Å²) in [5.41, 5.74) is 0.214. The predicted molar refractivity (Wildman–Crippen MR) is 46.3 cm³/mol. The molecule has 0 radical (unpaired) electrons. The molecule has 1 aliphatic heterocycles. The zero-order chi connectivity index (χ0) is 9.54. The van der Waals surface area contributed by atoms with E-state index in [2.05, 4.69) is 15.4 Å². The molecule has 1 aromatic heterocycles. The van der Waals surface area contributed by atoms with Crippen molar-refractivity contribution in [1.82, 2.24) is 15.4 Å². The third-order valence-electron chi connectivity index (χ3n) is 2.04. The molecular formula is C8H5N3O3. The number of nitrogens with zero attached hydrogens (tertiary/aromatic N) is 2. The predicted octanol–water partition coefficient (Wildman–Crippen LogP) is 0.0468. The van der Waals surface area contributed by atoms with Crippen LogP contribution < -0.4 is 15.0 Å². The third-order valence-corrected chi connectivity index (χ3v) is 2.04. The fraction of sp³-hybridized carbons (Fsp3) is 0.125. The second-order valence-corrected chi connectivity index (χ2v) is 2.86. The number of H-pyrrole nitrogens is 1. The van der Waals surface area contributed by atoms with Crippen molar-refractivity contribution >= 4 is 10.9 Å². The molecule has 0 spiro atoms. The van der Waals surface area contributed by atoms with Gasteiger partial charge >= 0.3 is 0 Å². The van der Waals surface area contributed by atoms with Crippen molar-refractivity contribution in [3.05, 3.63) is 22.5 Å². The van der Waals surface area contributed by atoms with Crippen molar-refractivity contribution in [3.63, 3.8) is 0 Å². The third kappa shape index (κ3) is 0.875. The lowest BCUT2D eigenvalue weighted by molar-refractivity contribution is 0.174. The summed E-state index contributed by atoms with van der Waals surface area (Å²) in [6.07, 6.45) is 0. The number of ether oxygens (including phenoxy) is 2. The molecule has 0 aliphatic carbocycles. The van der Waals surface area contributed by atoms with Gasteiger partial charge in [-0.3, -0.25) is 4.79 Å². The van der Waals surface area contributed by atoms with Crippen LogP contribution in [-0.2, 0) is 0 Å². The molecule has 70 valence electrons. The Kier molecular flexibility index (Phi) is 1.27. The fourth-order valence-electron chi connectivity index (χ4n) is 1.38. The number of hydrogen-bond acceptors (Lipinski definition) is 5. The van der Waals surface area contributed by atoms with Crippen LogP contribution in [-0.4, -0.2) is 22.2 Å². The first kappa shape index (κ1) is 7.31. The summed E-state index contributed by atoms with van der Waals surface area (Å²) in [5.74, 6) is 1.16. The molecule has 1 aromatic carbocycles. The Morgan fingerprint density at radius 1 is 1.29 bits per heavy atom. The van der Waals surface area contributed by atoms with E-state index in [1.165, 1.54) is 0 Å². The zero-order valence-corrected chi connectivity index (χ0v) is 6.98. The Morgan fingerprint density at radius 2 is 2.07 bits per heavy atom. The largest absolute Gasteiger partial charge is 0.454 e. The summed E-state index contributed by atoms with van der Waals surface area (Å²) >= 11 is 0. The number of aromatic nitrogens is 3. The highest BCUT2D eigenvalue weighted by molar-refractivity contribution is 5.81. The lowest BCUT2D eigenvalue weighted by atomic mass is 10.2. The first-order valence-corrected chi connectivity index (χ1v) is 3.99. The van der Waals surface area contributed by atoms with E-state index in [9.17, 15) is 4.79 Å². The summed E-state index contributed by atoms with van der Waals surface area (Å²) in [7, 11) is 0. The Bertz CT molecular complexity index is 563. The molecule has 3 rings (SSSR count). The summed E-state index contributed by atoms with van der Waals surface area (Å²) in [6, 6.07) is 3.24. The number of fused-ring (bicyclic) bond motifs is 2. The molecule has 2 heterocycles. The van der Waals surface area contributed by atoms with Gasteiger partial charge in [0, 0.05) is 6.07 Å². The van der Waals surface area contributed by atoms with Crippen molar-refractivity contribution < 1.29 is 9.47 Å². The van der Waals surface area contributed by atoms with Gasteiger partial charge < -0.3 is 9.47 Å². The summed E-state index contributed by atoms with van der Waals surface area (Å²) in [5, 5.41) is 9.93. The van der Waals surface area contributed by atoms with Crippen LogP contribution in [0.5, 0.6) is 11.5 Å². The molecule has 0 atom stereocenters. The zero-order valence-electron chi connectivity index (χ0n) is 6.98. The number of nitrogens with one attached hydrogen (secondary N) is 1. The maximum absolute atomic E-state index is 11.3. The van der Waals surface area contributed by atoms with E-state index in [0.29, 0.717) is 22.4 Å². The standard InChI is InChI=1S/C8H5N3O3/c12-8-4-1-6-7(14-3-13-6)2-5(4)9-11-10-8/h1-2H,3H2,(H,9,10,12). The first-order valence-electron chi connectivity index (χ1n) is 3.99. The topological polar surface area (TPSA) is 77.1 Å². The van der Waals surface area contributed by atoms with E-state index in [0.717, 1.165) is 0 Å². The summed E-state index contributed by atoms with van der Waals surface area (Å²) < 4.78 is 10.3. The molecule has 1 N–H and O–H groups in total. The van der Waals surface area contributed by atoms with E-state index >= 15 is 0 Å². The van der Waals surface area contributed by atoms with Gasteiger partial charge in [-0.15, -0.1) is 5.10 Å². The Morgan fingerprint density at radius 3 is 2.93 bits per heavy atom. The second-order valence-electron chi connectivity index (χ2n) is 2.86. The normalized spacial score (nSPS) is 13.4. The molecule has 0 fully saturated rings. The van der Waals surface area contributed by atoms with Crippen LogP contribution in [0.2, 0.25) is 0 Å². The van der Waals surface area contributed by atoms with Crippen molar-refractivity contribution in [1.29, 1.82) is 0 Å². The van der Waals surface area contributed by atoms with Crippen LogP contribution >= 0.6 is 0 Å². The van der Waals surface area contributed by atoms with E-state index in [4.69, 9.17) is 9.47 Å². The van der Waals surface area contributed by atoms with E-state index < -0.39 is 0 Å². The highest BCUT2D eigenvalue weighted by Crippen LogP contribution is 2.33. The smallest absolute Gasteiger partial charge is 0.275 e. The molecule has 0 saturated heterocycles. The second kappa shape index (κ2) is 2.44. The van der Waals surface area contributed by atoms with Crippen LogP contribution in [0.1, 0.15) is 0 Å². The minimum absolute atomic E-state index is 0.178. The summed E-state index contributed by atoms with van der Waals surface area (Å²) in [6.45, 7) is 0.178. The lowest BCUT2D eigenvalue weighted by Crippen LogP contribution is -2.09. The molecule has 0 unspecified atom stereocenters. The molecule has 14 heavy (non-hydrogen) atoms. The van der Waals surface area contributed by atoms with Gasteiger partial charge in [-0.25, -0.2) is 5.10 Å². The highest BCUT2D eigenvalue weighted by Gasteiger charge is 2.15. The van der Waals surface area contributed by atoms with Gasteiger partial charge in [0.25, 0.3) is 5.56 Å². The first-order chi connectivity index (χ1) is 6.84. The van der Waals surface area contributed by atoms with E-state index in [1.54, 1.807) is 12.1 Å². The average molecular weight is 191 g/mol. The van der Waals surface area contributed by atoms with Gasteiger partial charge in [0.1, 0.15) is 5.52 Å². The van der Waals surface area contributed by atoms with Crippen molar-refractivity contribution in [2.75, 3.05) is 6.79 Å². The molecule has 1 aliphatic rings. The Hall–Kier alpha value is -2.11. The minimum Gasteiger partial charge on any atom is -0.454 e. The van der Waals surface area contributed by atoms with Gasteiger partial charge in [0.2, 0.25) is 6.79 Å². The fourth-order valence-corrected chi connectivity index (χ4v) is 1.38. The molecule has 6 heteroatoms.